The first-order chi connectivity index (χ1) is 11.1. The number of aromatic amines is 1. The van der Waals surface area contributed by atoms with Gasteiger partial charge in [-0.3, -0.25) is 9.59 Å². The molecule has 23 heavy (non-hydrogen) atoms. The molecule has 4 rings (SSSR count). The lowest BCUT2D eigenvalue weighted by atomic mass is 9.86. The zero-order valence-electron chi connectivity index (χ0n) is 12.6. The standard InChI is InChI=1S/C19H15NO3/c1-11-5-4-6-12(9-11)14-10-16(21)23-18-13-7-2-3-8-15(13)20-19(22)17(14)18/h2-9,14H,10H2,1H3,(H,20,22)/t14-/m0/s1. The number of pyridine rings is 1. The van der Waals surface area contributed by atoms with Crippen molar-refractivity contribution >= 4 is 16.9 Å². The van der Waals surface area contributed by atoms with E-state index in [4.69, 9.17) is 4.74 Å². The molecule has 114 valence electrons. The van der Waals surface area contributed by atoms with E-state index < -0.39 is 0 Å². The average Bonchev–Trinajstić information content (AvgIpc) is 2.54. The normalized spacial score (nSPS) is 16.9. The highest BCUT2D eigenvalue weighted by atomic mass is 16.5. The molecule has 4 nitrogen and oxygen atoms in total. The SMILES string of the molecule is Cc1cccc([C@@H]2CC(=O)Oc3c2c(=O)[nH]c2ccccc32)c1. The van der Waals surface area contributed by atoms with Gasteiger partial charge in [-0.2, -0.15) is 0 Å². The van der Waals surface area contributed by atoms with E-state index in [1.807, 2.05) is 49.4 Å². The van der Waals surface area contributed by atoms with E-state index in [0.717, 1.165) is 16.5 Å². The third-order valence-corrected chi connectivity index (χ3v) is 4.29. The lowest BCUT2D eigenvalue weighted by Crippen LogP contribution is -2.28. The first-order valence-electron chi connectivity index (χ1n) is 7.55. The number of fused-ring (bicyclic) bond motifs is 3. The van der Waals surface area contributed by atoms with E-state index in [-0.39, 0.29) is 23.9 Å². The largest absolute Gasteiger partial charge is 0.425 e. The van der Waals surface area contributed by atoms with Crippen molar-refractivity contribution in [1.29, 1.82) is 0 Å². The number of ether oxygens (including phenoxy) is 1. The number of rotatable bonds is 1. The van der Waals surface area contributed by atoms with E-state index >= 15 is 0 Å². The molecule has 1 aliphatic rings. The Bertz CT molecular complexity index is 987. The molecule has 3 aromatic rings. The zero-order valence-corrected chi connectivity index (χ0v) is 12.6. The molecule has 1 aliphatic heterocycles. The summed E-state index contributed by atoms with van der Waals surface area (Å²) in [7, 11) is 0. The Kier molecular flexibility index (Phi) is 3.05. The van der Waals surface area contributed by atoms with Gasteiger partial charge in [0.2, 0.25) is 0 Å². The van der Waals surface area contributed by atoms with Crippen LogP contribution in [0.15, 0.2) is 53.3 Å². The van der Waals surface area contributed by atoms with E-state index in [9.17, 15) is 9.59 Å². The number of H-pyrrole nitrogens is 1. The maximum absolute atomic E-state index is 12.6. The van der Waals surface area contributed by atoms with E-state index in [1.54, 1.807) is 6.07 Å². The van der Waals surface area contributed by atoms with Crippen molar-refractivity contribution in [2.75, 3.05) is 0 Å². The second kappa shape index (κ2) is 5.09. The number of para-hydroxylation sites is 1. The van der Waals surface area contributed by atoms with Crippen LogP contribution in [0.4, 0.5) is 0 Å². The van der Waals surface area contributed by atoms with Gasteiger partial charge < -0.3 is 9.72 Å². The molecule has 1 aromatic heterocycles. The van der Waals surface area contributed by atoms with Gasteiger partial charge >= 0.3 is 5.97 Å². The monoisotopic (exact) mass is 305 g/mol. The fourth-order valence-electron chi connectivity index (χ4n) is 3.25. The Morgan fingerprint density at radius 2 is 1.91 bits per heavy atom. The van der Waals surface area contributed by atoms with Crippen LogP contribution in [-0.4, -0.2) is 11.0 Å². The number of aryl methyl sites for hydroxylation is 1. The lowest BCUT2D eigenvalue weighted by Gasteiger charge is -2.25. The number of esters is 1. The number of carbonyl (C=O) groups excluding carboxylic acids is 1. The fourth-order valence-corrected chi connectivity index (χ4v) is 3.25. The molecule has 0 bridgehead atoms. The van der Waals surface area contributed by atoms with Crippen LogP contribution in [-0.2, 0) is 4.79 Å². The Hall–Kier alpha value is -2.88. The van der Waals surface area contributed by atoms with Gasteiger partial charge in [-0.15, -0.1) is 0 Å². The summed E-state index contributed by atoms with van der Waals surface area (Å²) in [4.78, 5) is 27.6. The number of benzene rings is 2. The minimum atomic E-state index is -0.306. The van der Waals surface area contributed by atoms with E-state index in [2.05, 4.69) is 4.98 Å². The number of carbonyl (C=O) groups is 1. The first-order valence-corrected chi connectivity index (χ1v) is 7.55. The third kappa shape index (κ3) is 2.23. The van der Waals surface area contributed by atoms with Crippen molar-refractivity contribution in [2.24, 2.45) is 0 Å². The molecule has 0 saturated heterocycles. The van der Waals surface area contributed by atoms with Crippen LogP contribution in [0, 0.1) is 6.92 Å². The molecular formula is C19H15NO3. The van der Waals surface area contributed by atoms with Crippen molar-refractivity contribution in [2.45, 2.75) is 19.3 Å². The summed E-state index contributed by atoms with van der Waals surface area (Å²) in [5.74, 6) is -0.189. The number of nitrogens with one attached hydrogen (secondary N) is 1. The third-order valence-electron chi connectivity index (χ3n) is 4.29. The highest BCUT2D eigenvalue weighted by molar-refractivity contribution is 5.91. The molecular weight excluding hydrogens is 290 g/mol. The van der Waals surface area contributed by atoms with E-state index in [0.29, 0.717) is 16.8 Å². The first kappa shape index (κ1) is 13.8. The molecule has 0 radical (unpaired) electrons. The summed E-state index contributed by atoms with van der Waals surface area (Å²) in [5, 5.41) is 0.757. The number of hydrogen-bond donors (Lipinski definition) is 1. The molecule has 0 amide bonds. The van der Waals surface area contributed by atoms with Gasteiger partial charge in [0.1, 0.15) is 5.75 Å². The maximum Gasteiger partial charge on any atom is 0.312 e. The molecule has 4 heteroatoms. The Balaban J connectivity index is 2.02. The summed E-state index contributed by atoms with van der Waals surface area (Å²) in [6, 6.07) is 15.3. The highest BCUT2D eigenvalue weighted by Crippen LogP contribution is 2.39. The topological polar surface area (TPSA) is 59.2 Å². The van der Waals surface area contributed by atoms with Crippen LogP contribution in [0.25, 0.3) is 10.9 Å². The number of hydrogen-bond acceptors (Lipinski definition) is 3. The van der Waals surface area contributed by atoms with Crippen LogP contribution >= 0.6 is 0 Å². The van der Waals surface area contributed by atoms with Crippen molar-refractivity contribution in [3.05, 3.63) is 75.6 Å². The molecule has 2 aromatic carbocycles. The predicted octanol–water partition coefficient (Wildman–Crippen LogP) is 3.28. The summed E-state index contributed by atoms with van der Waals surface area (Å²) < 4.78 is 5.45. The van der Waals surface area contributed by atoms with Crippen molar-refractivity contribution < 1.29 is 9.53 Å². The van der Waals surface area contributed by atoms with Gasteiger partial charge in [-0.25, -0.2) is 0 Å². The van der Waals surface area contributed by atoms with Crippen molar-refractivity contribution in [3.8, 4) is 5.75 Å². The minimum absolute atomic E-state index is 0.178. The van der Waals surface area contributed by atoms with Crippen LogP contribution < -0.4 is 10.3 Å². The quantitative estimate of drug-likeness (QED) is 0.702. The Labute approximate surface area is 132 Å². The minimum Gasteiger partial charge on any atom is -0.425 e. The maximum atomic E-state index is 12.6. The average molecular weight is 305 g/mol. The molecule has 2 heterocycles. The summed E-state index contributed by atoms with van der Waals surface area (Å²) >= 11 is 0. The smallest absolute Gasteiger partial charge is 0.312 e. The predicted molar refractivity (Wildman–Crippen MR) is 87.8 cm³/mol. The van der Waals surface area contributed by atoms with Gasteiger partial charge in [0.25, 0.3) is 5.56 Å². The van der Waals surface area contributed by atoms with Gasteiger partial charge in [0.05, 0.1) is 17.5 Å². The number of aromatic nitrogens is 1. The molecule has 1 N–H and O–H groups in total. The Morgan fingerprint density at radius 3 is 2.74 bits per heavy atom. The van der Waals surface area contributed by atoms with Gasteiger partial charge in [0.15, 0.2) is 0 Å². The molecule has 0 fully saturated rings. The van der Waals surface area contributed by atoms with Crippen molar-refractivity contribution in [1.82, 2.24) is 4.98 Å². The second-order valence-electron chi connectivity index (χ2n) is 5.89. The van der Waals surface area contributed by atoms with Gasteiger partial charge in [-0.05, 0) is 24.6 Å². The van der Waals surface area contributed by atoms with Crippen LogP contribution in [0.1, 0.15) is 29.0 Å². The summed E-state index contributed by atoms with van der Waals surface area (Å²) in [6.45, 7) is 2.00. The van der Waals surface area contributed by atoms with Crippen molar-refractivity contribution in [3.63, 3.8) is 0 Å². The van der Waals surface area contributed by atoms with Crippen LogP contribution in [0.3, 0.4) is 0 Å². The molecule has 0 saturated carbocycles. The second-order valence-corrected chi connectivity index (χ2v) is 5.89. The fraction of sp³-hybridized carbons (Fsp3) is 0.158. The summed E-state index contributed by atoms with van der Waals surface area (Å²) in [6.07, 6.45) is 0.178. The Morgan fingerprint density at radius 1 is 1.09 bits per heavy atom. The van der Waals surface area contributed by atoms with Gasteiger partial charge in [0, 0.05) is 11.3 Å². The highest BCUT2D eigenvalue weighted by Gasteiger charge is 2.32. The molecule has 1 atom stereocenters. The molecule has 0 unspecified atom stereocenters. The van der Waals surface area contributed by atoms with Crippen LogP contribution in [0.2, 0.25) is 0 Å². The van der Waals surface area contributed by atoms with Crippen LogP contribution in [0.5, 0.6) is 5.75 Å². The van der Waals surface area contributed by atoms with E-state index in [1.165, 1.54) is 0 Å². The molecule has 0 spiro atoms. The lowest BCUT2D eigenvalue weighted by molar-refractivity contribution is -0.135. The molecule has 0 aliphatic carbocycles. The summed E-state index contributed by atoms with van der Waals surface area (Å²) in [5.41, 5.74) is 3.07. The zero-order chi connectivity index (χ0) is 16.0. The van der Waals surface area contributed by atoms with Gasteiger partial charge in [-0.1, -0.05) is 42.0 Å².